The molecule has 7 aromatic carbocycles. The second kappa shape index (κ2) is 10.6. The van der Waals surface area contributed by atoms with Crippen LogP contribution in [-0.2, 0) is 5.41 Å². The summed E-state index contributed by atoms with van der Waals surface area (Å²) < 4.78 is 6.19. The summed E-state index contributed by atoms with van der Waals surface area (Å²) in [5.41, 5.74) is 13.7. The molecule has 0 saturated carbocycles. The van der Waals surface area contributed by atoms with Crippen molar-refractivity contribution < 1.29 is 4.42 Å². The number of oxazole rings is 1. The zero-order chi connectivity index (χ0) is 31.5. The van der Waals surface area contributed by atoms with Crippen LogP contribution in [0, 0.1) is 0 Å². The highest BCUT2D eigenvalue weighted by Crippen LogP contribution is 2.50. The Morgan fingerprint density at radius 2 is 1.13 bits per heavy atom. The van der Waals surface area contributed by atoms with E-state index in [4.69, 9.17) is 9.40 Å². The van der Waals surface area contributed by atoms with Gasteiger partial charge in [0, 0.05) is 33.4 Å². The van der Waals surface area contributed by atoms with E-state index in [0.717, 1.165) is 44.5 Å². The molecule has 0 fully saturated rings. The molecule has 0 saturated heterocycles. The number of hydrogen-bond donors (Lipinski definition) is 0. The molecule has 1 aliphatic carbocycles. The summed E-state index contributed by atoms with van der Waals surface area (Å²) in [4.78, 5) is 7.30. The van der Waals surface area contributed by atoms with Gasteiger partial charge in [0.15, 0.2) is 5.58 Å². The van der Waals surface area contributed by atoms with Gasteiger partial charge in [-0.05, 0) is 99.4 Å². The standard InChI is InChI=1S/C44H32N2O/c1-44(2)39-16-10-9-15-37(39)38-28-35(23-25-40(38)44)46(33-20-17-30(18-21-33)29-11-5-3-6-12-29)34-22-24-36-32(27-34)19-26-41-42(36)45-43(47-41)31-13-7-4-8-14-31/h3-28H,1-2H3. The summed E-state index contributed by atoms with van der Waals surface area (Å²) in [6.45, 7) is 4.66. The molecule has 0 amide bonds. The number of hydrogen-bond acceptors (Lipinski definition) is 3. The zero-order valence-corrected chi connectivity index (χ0v) is 26.3. The maximum atomic E-state index is 6.19. The molecular formula is C44H32N2O. The van der Waals surface area contributed by atoms with E-state index < -0.39 is 0 Å². The zero-order valence-electron chi connectivity index (χ0n) is 26.3. The van der Waals surface area contributed by atoms with E-state index in [1.54, 1.807) is 0 Å². The summed E-state index contributed by atoms with van der Waals surface area (Å²) in [5.74, 6) is 0.638. The Kier molecular flexibility index (Phi) is 6.16. The van der Waals surface area contributed by atoms with Crippen LogP contribution < -0.4 is 4.90 Å². The lowest BCUT2D eigenvalue weighted by Crippen LogP contribution is -2.15. The second-order valence-electron chi connectivity index (χ2n) is 12.9. The molecule has 0 N–H and O–H groups in total. The average molecular weight is 605 g/mol. The minimum atomic E-state index is -0.0445. The molecule has 47 heavy (non-hydrogen) atoms. The lowest BCUT2D eigenvalue weighted by Gasteiger charge is -2.27. The van der Waals surface area contributed by atoms with Crippen LogP contribution in [0.2, 0.25) is 0 Å². The summed E-state index contributed by atoms with van der Waals surface area (Å²) in [6, 6.07) is 56.1. The van der Waals surface area contributed by atoms with Crippen LogP contribution in [0.1, 0.15) is 25.0 Å². The van der Waals surface area contributed by atoms with Crippen LogP contribution >= 0.6 is 0 Å². The van der Waals surface area contributed by atoms with Gasteiger partial charge in [0.05, 0.1) is 0 Å². The molecule has 0 unspecified atom stereocenters. The highest BCUT2D eigenvalue weighted by molar-refractivity contribution is 6.05. The van der Waals surface area contributed by atoms with E-state index in [2.05, 4.69) is 140 Å². The van der Waals surface area contributed by atoms with Crippen molar-refractivity contribution in [2.24, 2.45) is 0 Å². The molecule has 1 heterocycles. The van der Waals surface area contributed by atoms with E-state index in [0.29, 0.717) is 5.89 Å². The quantitative estimate of drug-likeness (QED) is 0.196. The van der Waals surface area contributed by atoms with E-state index in [-0.39, 0.29) is 5.41 Å². The van der Waals surface area contributed by atoms with Gasteiger partial charge in [0.2, 0.25) is 5.89 Å². The minimum absolute atomic E-state index is 0.0445. The van der Waals surface area contributed by atoms with Crippen LogP contribution in [0.15, 0.2) is 162 Å². The molecule has 0 spiro atoms. The molecule has 224 valence electrons. The third-order valence-corrected chi connectivity index (χ3v) is 9.69. The van der Waals surface area contributed by atoms with Crippen molar-refractivity contribution in [3.8, 4) is 33.7 Å². The number of anilines is 3. The number of rotatable bonds is 5. The van der Waals surface area contributed by atoms with Gasteiger partial charge >= 0.3 is 0 Å². The van der Waals surface area contributed by atoms with Crippen molar-refractivity contribution in [2.75, 3.05) is 4.90 Å². The summed E-state index contributed by atoms with van der Waals surface area (Å²) in [7, 11) is 0. The Morgan fingerprint density at radius 3 is 1.91 bits per heavy atom. The molecule has 0 bridgehead atoms. The summed E-state index contributed by atoms with van der Waals surface area (Å²) >= 11 is 0. The molecule has 8 aromatic rings. The van der Waals surface area contributed by atoms with Crippen molar-refractivity contribution >= 4 is 38.9 Å². The van der Waals surface area contributed by atoms with Crippen LogP contribution in [0.5, 0.6) is 0 Å². The van der Waals surface area contributed by atoms with E-state index in [1.807, 2.05) is 36.4 Å². The fourth-order valence-corrected chi connectivity index (χ4v) is 7.28. The van der Waals surface area contributed by atoms with Gasteiger partial charge in [-0.3, -0.25) is 0 Å². The average Bonchev–Trinajstić information content (AvgIpc) is 3.67. The Morgan fingerprint density at radius 1 is 0.511 bits per heavy atom. The SMILES string of the molecule is CC1(C)c2ccccc2-c2cc(N(c3ccc(-c4ccccc4)cc3)c3ccc4c(ccc5oc(-c6ccccc6)nc54)c3)ccc21. The normalized spacial score (nSPS) is 13.1. The number of aromatic nitrogens is 1. The van der Waals surface area contributed by atoms with Gasteiger partial charge in [-0.15, -0.1) is 0 Å². The van der Waals surface area contributed by atoms with Crippen LogP contribution in [0.3, 0.4) is 0 Å². The largest absolute Gasteiger partial charge is 0.436 e. The smallest absolute Gasteiger partial charge is 0.227 e. The summed E-state index contributed by atoms with van der Waals surface area (Å²) in [6.07, 6.45) is 0. The number of benzene rings is 7. The lowest BCUT2D eigenvalue weighted by molar-refractivity contribution is 0.620. The number of fused-ring (bicyclic) bond motifs is 6. The first-order valence-electron chi connectivity index (χ1n) is 16.1. The Labute approximate surface area is 274 Å². The monoisotopic (exact) mass is 604 g/mol. The topological polar surface area (TPSA) is 29.3 Å². The molecule has 0 atom stereocenters. The predicted molar refractivity (Wildman–Crippen MR) is 195 cm³/mol. The van der Waals surface area contributed by atoms with Crippen molar-refractivity contribution in [1.29, 1.82) is 0 Å². The number of nitrogens with zero attached hydrogens (tertiary/aromatic N) is 2. The summed E-state index contributed by atoms with van der Waals surface area (Å²) in [5, 5.41) is 2.18. The molecule has 3 nitrogen and oxygen atoms in total. The Hall–Kier alpha value is -5.93. The third kappa shape index (κ3) is 4.46. The molecule has 3 heteroatoms. The fourth-order valence-electron chi connectivity index (χ4n) is 7.28. The Bertz CT molecular complexity index is 2420. The fraction of sp³-hybridized carbons (Fsp3) is 0.0682. The molecule has 0 aliphatic heterocycles. The highest BCUT2D eigenvalue weighted by atomic mass is 16.3. The highest BCUT2D eigenvalue weighted by Gasteiger charge is 2.35. The van der Waals surface area contributed by atoms with Gasteiger partial charge < -0.3 is 9.32 Å². The van der Waals surface area contributed by atoms with Crippen LogP contribution in [0.4, 0.5) is 17.1 Å². The van der Waals surface area contributed by atoms with Crippen molar-refractivity contribution in [1.82, 2.24) is 4.98 Å². The minimum Gasteiger partial charge on any atom is -0.436 e. The van der Waals surface area contributed by atoms with Crippen LogP contribution in [0.25, 0.3) is 55.6 Å². The van der Waals surface area contributed by atoms with E-state index in [9.17, 15) is 0 Å². The molecule has 1 aromatic heterocycles. The first-order valence-corrected chi connectivity index (χ1v) is 16.1. The van der Waals surface area contributed by atoms with E-state index in [1.165, 1.54) is 33.4 Å². The van der Waals surface area contributed by atoms with Crippen molar-refractivity contribution in [2.45, 2.75) is 19.3 Å². The van der Waals surface area contributed by atoms with Gasteiger partial charge in [0.1, 0.15) is 5.52 Å². The third-order valence-electron chi connectivity index (χ3n) is 9.69. The maximum absolute atomic E-state index is 6.19. The molecule has 1 aliphatic rings. The van der Waals surface area contributed by atoms with Crippen LogP contribution in [-0.4, -0.2) is 4.98 Å². The van der Waals surface area contributed by atoms with Crippen molar-refractivity contribution in [3.63, 3.8) is 0 Å². The lowest BCUT2D eigenvalue weighted by atomic mass is 9.82. The predicted octanol–water partition coefficient (Wildman–Crippen LogP) is 12.1. The first kappa shape index (κ1) is 27.4. The molecule has 0 radical (unpaired) electrons. The van der Waals surface area contributed by atoms with Gasteiger partial charge in [0.25, 0.3) is 0 Å². The van der Waals surface area contributed by atoms with E-state index >= 15 is 0 Å². The van der Waals surface area contributed by atoms with Gasteiger partial charge in [-0.1, -0.05) is 111 Å². The second-order valence-corrected chi connectivity index (χ2v) is 12.9. The van der Waals surface area contributed by atoms with Crippen molar-refractivity contribution in [3.05, 3.63) is 169 Å². The molecule has 9 rings (SSSR count). The van der Waals surface area contributed by atoms with Gasteiger partial charge in [-0.2, -0.15) is 0 Å². The van der Waals surface area contributed by atoms with Gasteiger partial charge in [-0.25, -0.2) is 4.98 Å². The Balaban J connectivity index is 1.20. The first-order chi connectivity index (χ1) is 23.0. The maximum Gasteiger partial charge on any atom is 0.227 e. The molecular weight excluding hydrogens is 572 g/mol.